The standard InChI is InChI=1S/C22H14N2O3S/c25-16-9-3-1-7-14(16)21-22(24-12-6-5-11-19(24)23-21)28-18-13-20(26)27-17-10-4-2-8-15(17)18/h1-13,25H. The Kier molecular flexibility index (Phi) is 3.91. The van der Waals surface area contributed by atoms with Gasteiger partial charge in [0.2, 0.25) is 0 Å². The molecule has 2 aromatic carbocycles. The van der Waals surface area contributed by atoms with Gasteiger partial charge < -0.3 is 9.52 Å². The lowest BCUT2D eigenvalue weighted by molar-refractivity contribution is 0.477. The molecule has 0 atom stereocenters. The van der Waals surface area contributed by atoms with Gasteiger partial charge in [-0.1, -0.05) is 48.2 Å². The Balaban J connectivity index is 1.77. The van der Waals surface area contributed by atoms with Crippen LogP contribution in [0.3, 0.4) is 0 Å². The fourth-order valence-electron chi connectivity index (χ4n) is 3.19. The highest BCUT2D eigenvalue weighted by Gasteiger charge is 2.19. The van der Waals surface area contributed by atoms with Crippen LogP contribution < -0.4 is 5.63 Å². The minimum atomic E-state index is -0.404. The van der Waals surface area contributed by atoms with Gasteiger partial charge in [0.05, 0.1) is 0 Å². The molecule has 3 heterocycles. The number of phenols is 1. The van der Waals surface area contributed by atoms with E-state index in [1.54, 1.807) is 18.2 Å². The topological polar surface area (TPSA) is 67.7 Å². The first-order chi connectivity index (χ1) is 13.7. The van der Waals surface area contributed by atoms with Crippen LogP contribution in [-0.4, -0.2) is 14.5 Å². The molecule has 6 heteroatoms. The Hall–Kier alpha value is -3.51. The Labute approximate surface area is 163 Å². The van der Waals surface area contributed by atoms with Crippen LogP contribution in [0, 0.1) is 0 Å². The van der Waals surface area contributed by atoms with E-state index in [0.717, 1.165) is 21.0 Å². The summed E-state index contributed by atoms with van der Waals surface area (Å²) in [4.78, 5) is 17.6. The molecule has 0 fully saturated rings. The van der Waals surface area contributed by atoms with Crippen molar-refractivity contribution in [2.75, 3.05) is 0 Å². The molecule has 0 amide bonds. The Bertz CT molecular complexity index is 1390. The van der Waals surface area contributed by atoms with Gasteiger partial charge in [-0.15, -0.1) is 0 Å². The van der Waals surface area contributed by atoms with Gasteiger partial charge in [-0.05, 0) is 30.3 Å². The quantitative estimate of drug-likeness (QED) is 0.444. The van der Waals surface area contributed by atoms with E-state index in [1.807, 2.05) is 59.1 Å². The van der Waals surface area contributed by atoms with E-state index < -0.39 is 5.63 Å². The number of imidazole rings is 1. The highest BCUT2D eigenvalue weighted by atomic mass is 32.2. The number of nitrogens with zero attached hydrogens (tertiary/aromatic N) is 2. The number of fused-ring (bicyclic) bond motifs is 2. The minimum absolute atomic E-state index is 0.158. The molecule has 1 N–H and O–H groups in total. The first-order valence-electron chi connectivity index (χ1n) is 8.67. The van der Waals surface area contributed by atoms with Crippen LogP contribution in [-0.2, 0) is 0 Å². The number of phenolic OH excluding ortho intramolecular Hbond substituents is 1. The molecule has 28 heavy (non-hydrogen) atoms. The SMILES string of the molecule is O=c1cc(Sc2c(-c3ccccc3O)nc3ccccn23)c2ccccc2o1. The molecule has 5 rings (SSSR count). The van der Waals surface area contributed by atoms with Gasteiger partial charge >= 0.3 is 5.63 Å². The van der Waals surface area contributed by atoms with Gasteiger partial charge in [0, 0.05) is 28.1 Å². The third kappa shape index (κ3) is 2.75. The maximum Gasteiger partial charge on any atom is 0.337 e. The Morgan fingerprint density at radius 3 is 2.64 bits per heavy atom. The predicted octanol–water partition coefficient (Wildman–Crippen LogP) is 4.96. The van der Waals surface area contributed by atoms with Crippen molar-refractivity contribution in [1.82, 2.24) is 9.38 Å². The highest BCUT2D eigenvalue weighted by molar-refractivity contribution is 7.99. The second-order valence-corrected chi connectivity index (χ2v) is 7.27. The zero-order valence-electron chi connectivity index (χ0n) is 14.6. The van der Waals surface area contributed by atoms with E-state index in [9.17, 15) is 9.90 Å². The first kappa shape index (κ1) is 16.6. The maximum absolute atomic E-state index is 12.1. The van der Waals surface area contributed by atoms with Gasteiger partial charge in [0.15, 0.2) is 0 Å². The molecule has 0 aliphatic carbocycles. The number of benzene rings is 2. The zero-order chi connectivity index (χ0) is 19.1. The van der Waals surface area contributed by atoms with Crippen LogP contribution >= 0.6 is 11.8 Å². The molecule has 5 nitrogen and oxygen atoms in total. The summed E-state index contributed by atoms with van der Waals surface area (Å²) < 4.78 is 7.27. The monoisotopic (exact) mass is 386 g/mol. The van der Waals surface area contributed by atoms with Crippen LogP contribution in [0.15, 0.2) is 98.1 Å². The summed E-state index contributed by atoms with van der Waals surface area (Å²) in [5, 5.41) is 12.0. The third-order valence-corrected chi connectivity index (χ3v) is 5.60. The summed E-state index contributed by atoms with van der Waals surface area (Å²) in [5.41, 5.74) is 2.19. The fourth-order valence-corrected chi connectivity index (χ4v) is 4.34. The number of rotatable bonds is 3. The van der Waals surface area contributed by atoms with Crippen molar-refractivity contribution in [2.24, 2.45) is 0 Å². The van der Waals surface area contributed by atoms with Gasteiger partial charge in [-0.25, -0.2) is 9.78 Å². The molecule has 0 unspecified atom stereocenters. The Morgan fingerprint density at radius 2 is 1.75 bits per heavy atom. The molecule has 3 aromatic heterocycles. The highest BCUT2D eigenvalue weighted by Crippen LogP contribution is 2.41. The lowest BCUT2D eigenvalue weighted by atomic mass is 10.1. The molecule has 0 aliphatic rings. The third-order valence-electron chi connectivity index (χ3n) is 4.46. The second-order valence-electron chi connectivity index (χ2n) is 6.24. The first-order valence-corrected chi connectivity index (χ1v) is 9.48. The second kappa shape index (κ2) is 6.58. The number of hydrogen-bond donors (Lipinski definition) is 1. The lowest BCUT2D eigenvalue weighted by Gasteiger charge is -2.08. The van der Waals surface area contributed by atoms with E-state index in [0.29, 0.717) is 16.8 Å². The van der Waals surface area contributed by atoms with Gasteiger partial charge in [0.1, 0.15) is 27.7 Å². The molecule has 0 aliphatic heterocycles. The number of hydrogen-bond acceptors (Lipinski definition) is 5. The van der Waals surface area contributed by atoms with Crippen LogP contribution in [0.4, 0.5) is 0 Å². The van der Waals surface area contributed by atoms with Crippen LogP contribution in [0.5, 0.6) is 5.75 Å². The zero-order valence-corrected chi connectivity index (χ0v) is 15.4. The number of aromatic hydroxyl groups is 1. The average Bonchev–Trinajstić information content (AvgIpc) is 3.06. The van der Waals surface area contributed by atoms with Gasteiger partial charge in [-0.3, -0.25) is 4.40 Å². The van der Waals surface area contributed by atoms with Crippen LogP contribution in [0.25, 0.3) is 27.9 Å². The van der Waals surface area contributed by atoms with Crippen molar-refractivity contribution in [2.45, 2.75) is 9.92 Å². The summed E-state index contributed by atoms with van der Waals surface area (Å²) >= 11 is 1.43. The molecule has 136 valence electrons. The van der Waals surface area contributed by atoms with Crippen molar-refractivity contribution in [1.29, 1.82) is 0 Å². The normalized spacial score (nSPS) is 11.3. The van der Waals surface area contributed by atoms with Crippen LogP contribution in [0.2, 0.25) is 0 Å². The summed E-state index contributed by atoms with van der Waals surface area (Å²) in [6.07, 6.45) is 1.92. The molecule has 0 radical (unpaired) electrons. The molecule has 0 saturated heterocycles. The Morgan fingerprint density at radius 1 is 0.964 bits per heavy atom. The molecule has 0 spiro atoms. The molecular formula is C22H14N2O3S. The summed E-state index contributed by atoms with van der Waals surface area (Å²) in [6.45, 7) is 0. The average molecular weight is 386 g/mol. The number of para-hydroxylation sites is 2. The van der Waals surface area contributed by atoms with Gasteiger partial charge in [-0.2, -0.15) is 0 Å². The lowest BCUT2D eigenvalue weighted by Crippen LogP contribution is -1.97. The van der Waals surface area contributed by atoms with Crippen molar-refractivity contribution < 1.29 is 9.52 Å². The van der Waals surface area contributed by atoms with E-state index in [4.69, 9.17) is 9.40 Å². The molecule has 0 bridgehead atoms. The largest absolute Gasteiger partial charge is 0.507 e. The van der Waals surface area contributed by atoms with Crippen molar-refractivity contribution >= 4 is 28.4 Å². The fraction of sp³-hybridized carbons (Fsp3) is 0. The predicted molar refractivity (Wildman–Crippen MR) is 109 cm³/mol. The smallest absolute Gasteiger partial charge is 0.337 e. The molecule has 0 saturated carbocycles. The van der Waals surface area contributed by atoms with Crippen LogP contribution in [0.1, 0.15) is 0 Å². The van der Waals surface area contributed by atoms with E-state index in [1.165, 1.54) is 17.8 Å². The minimum Gasteiger partial charge on any atom is -0.507 e. The van der Waals surface area contributed by atoms with E-state index in [2.05, 4.69) is 0 Å². The number of aromatic nitrogens is 2. The molecular weight excluding hydrogens is 372 g/mol. The van der Waals surface area contributed by atoms with Gasteiger partial charge in [0.25, 0.3) is 0 Å². The summed E-state index contributed by atoms with van der Waals surface area (Å²) in [7, 11) is 0. The van der Waals surface area contributed by atoms with Crippen molar-refractivity contribution in [3.8, 4) is 17.0 Å². The molecule has 5 aromatic rings. The maximum atomic E-state index is 12.1. The van der Waals surface area contributed by atoms with Crippen molar-refractivity contribution in [3.05, 3.63) is 89.4 Å². The summed E-state index contributed by atoms with van der Waals surface area (Å²) in [5.74, 6) is 0.158. The number of pyridine rings is 1. The van der Waals surface area contributed by atoms with Crippen molar-refractivity contribution in [3.63, 3.8) is 0 Å². The van der Waals surface area contributed by atoms with E-state index in [-0.39, 0.29) is 5.75 Å². The summed E-state index contributed by atoms with van der Waals surface area (Å²) in [6, 6.07) is 21.8. The van der Waals surface area contributed by atoms with E-state index >= 15 is 0 Å².